The van der Waals surface area contributed by atoms with E-state index < -0.39 is 23.4 Å². The van der Waals surface area contributed by atoms with Gasteiger partial charge in [0.2, 0.25) is 0 Å². The second-order valence-corrected chi connectivity index (χ2v) is 20.9. The van der Waals surface area contributed by atoms with Crippen LogP contribution in [0.2, 0.25) is 0 Å². The van der Waals surface area contributed by atoms with E-state index in [1.165, 1.54) is 4.90 Å². The zero-order chi connectivity index (χ0) is 48.5. The van der Waals surface area contributed by atoms with E-state index in [-0.39, 0.29) is 47.1 Å². The van der Waals surface area contributed by atoms with Crippen molar-refractivity contribution in [3.8, 4) is 28.7 Å². The van der Waals surface area contributed by atoms with Crippen LogP contribution >= 0.6 is 23.4 Å². The number of hydrogen-bond donors (Lipinski definition) is 0. The van der Waals surface area contributed by atoms with Crippen molar-refractivity contribution in [3.05, 3.63) is 221 Å². The average molecular weight is 988 g/mol. The van der Waals surface area contributed by atoms with E-state index in [0.717, 1.165) is 5.56 Å². The molecule has 0 radical (unpaired) electrons. The summed E-state index contributed by atoms with van der Waals surface area (Å²) in [4.78, 5) is 75.7. The molecule has 0 saturated carbocycles. The molecule has 346 valence electrons. The van der Waals surface area contributed by atoms with Crippen LogP contribution in [0.5, 0.6) is 28.7 Å². The first kappa shape index (κ1) is 46.8. The zero-order valence-electron chi connectivity index (χ0n) is 36.7. The van der Waals surface area contributed by atoms with Gasteiger partial charge in [0.15, 0.2) is 5.75 Å². The van der Waals surface area contributed by atoms with Gasteiger partial charge in [0.25, 0.3) is 11.8 Å². The highest BCUT2D eigenvalue weighted by Crippen LogP contribution is 2.73. The number of amides is 2. The van der Waals surface area contributed by atoms with E-state index in [4.69, 9.17) is 36.2 Å². The maximum atomic E-state index is 14.0. The van der Waals surface area contributed by atoms with Gasteiger partial charge in [0.05, 0.1) is 20.2 Å². The third-order valence-electron chi connectivity index (χ3n) is 10.6. The van der Waals surface area contributed by atoms with Crippen molar-refractivity contribution < 1.29 is 51.4 Å². The summed E-state index contributed by atoms with van der Waals surface area (Å²) in [5, 5.41) is 0. The van der Waals surface area contributed by atoms with E-state index >= 15 is 0 Å². The van der Waals surface area contributed by atoms with Gasteiger partial charge in [-0.25, -0.2) is 4.52 Å². The lowest BCUT2D eigenvalue weighted by atomic mass is 9.96. The van der Waals surface area contributed by atoms with Crippen LogP contribution in [0.25, 0.3) is 11.1 Å². The van der Waals surface area contributed by atoms with E-state index in [1.807, 2.05) is 60.7 Å². The first-order valence-corrected chi connectivity index (χ1v) is 25.7. The third-order valence-corrected chi connectivity index (χ3v) is 17.6. The molecular weight excluding hydrogens is 950 g/mol. The SMILES string of the molecule is O=Cc1ccc(O[P+]2=NP(Oc3ccc(C=O)cc3)(Oc3ccc(C=O)cc3)=NP(Oc3ccc(C=O)cc3)(Oc3ccc(CCN4C(=O)C(c5ccccc5)=C(c5ccccc5)C4=O)cc3)=N2)cc1. The quantitative estimate of drug-likeness (QED) is 0.0426. The molecule has 7 aromatic carbocycles. The highest BCUT2D eigenvalue weighted by atomic mass is 31.3. The average Bonchev–Trinajstić information content (AvgIpc) is 3.65. The van der Waals surface area contributed by atoms with Crippen LogP contribution in [0, 0.1) is 0 Å². The predicted octanol–water partition coefficient (Wildman–Crippen LogP) is 12.6. The summed E-state index contributed by atoms with van der Waals surface area (Å²) in [6, 6.07) is 50.0. The Hall–Kier alpha value is -8.34. The Morgan fingerprint density at radius 1 is 0.443 bits per heavy atom. The van der Waals surface area contributed by atoms with Gasteiger partial charge in [-0.15, -0.1) is 0 Å². The van der Waals surface area contributed by atoms with Crippen LogP contribution in [0.1, 0.15) is 58.1 Å². The van der Waals surface area contributed by atoms with Gasteiger partial charge in [-0.1, -0.05) is 77.3 Å². The summed E-state index contributed by atoms with van der Waals surface area (Å²) in [6.07, 6.45) is 3.05. The molecule has 7 aromatic rings. The standard InChI is InChI=1S/C52H38N4O11P3/c57-33-38-13-21-44(22-14-38)63-68-53-69(65-46-25-15-39(34-58)16-26-46,55-70(54-68,66-47-27-17-40(35-59)18-28-47)67-48-29-19-41(36-60)20-30-48)64-45-23-11-37(12-24-45)31-32-56-51(61)49(42-7-3-1-4-8-42)50(52(56)62)43-9-5-2-6-10-43/h1-30,33-36H,31-32H2/q+1. The molecule has 15 nitrogen and oxygen atoms in total. The van der Waals surface area contributed by atoms with Crippen LogP contribution in [0.15, 0.2) is 196 Å². The van der Waals surface area contributed by atoms with Gasteiger partial charge < -0.3 is 18.1 Å². The second kappa shape index (κ2) is 20.9. The van der Waals surface area contributed by atoms with Crippen LogP contribution in [-0.4, -0.2) is 48.4 Å². The molecule has 18 heteroatoms. The van der Waals surface area contributed by atoms with E-state index in [2.05, 4.69) is 0 Å². The molecule has 70 heavy (non-hydrogen) atoms. The Balaban J connectivity index is 1.10. The molecule has 0 spiro atoms. The molecule has 2 amide bonds. The lowest BCUT2D eigenvalue weighted by Gasteiger charge is -2.25. The normalized spacial score (nSPS) is 16.5. The Kier molecular flexibility index (Phi) is 14.0. The fraction of sp³-hybridized carbons (Fsp3) is 0.0385. The molecule has 0 bridgehead atoms. The van der Waals surface area contributed by atoms with Crippen LogP contribution in [-0.2, 0) is 16.0 Å². The second-order valence-electron chi connectivity index (χ2n) is 15.3. The molecular formula is C52H38N4O11P3+. The van der Waals surface area contributed by atoms with E-state index in [1.54, 1.807) is 121 Å². The number of benzene rings is 7. The van der Waals surface area contributed by atoms with Crippen LogP contribution in [0.4, 0.5) is 0 Å². The molecule has 0 fully saturated rings. The number of carbonyl (C=O) groups is 6. The molecule has 0 aromatic heterocycles. The van der Waals surface area contributed by atoms with Crippen molar-refractivity contribution >= 4 is 71.5 Å². The molecule has 0 aliphatic carbocycles. The van der Waals surface area contributed by atoms with Crippen molar-refractivity contribution in [2.24, 2.45) is 13.5 Å². The summed E-state index contributed by atoms with van der Waals surface area (Å²) in [5.74, 6) is 0.357. The van der Waals surface area contributed by atoms with Gasteiger partial charge >= 0.3 is 23.4 Å². The molecule has 9 rings (SSSR count). The molecule has 2 heterocycles. The minimum Gasteiger partial charge on any atom is -0.411 e. The molecule has 2 unspecified atom stereocenters. The van der Waals surface area contributed by atoms with Gasteiger partial charge in [-0.3, -0.25) is 33.7 Å². The van der Waals surface area contributed by atoms with Gasteiger partial charge in [0, 0.05) is 28.8 Å². The maximum Gasteiger partial charge on any atom is 0.603 e. The highest BCUT2D eigenvalue weighted by molar-refractivity contribution is 7.75. The van der Waals surface area contributed by atoms with E-state index in [0.29, 0.717) is 76.1 Å². The van der Waals surface area contributed by atoms with Crippen molar-refractivity contribution in [2.45, 2.75) is 6.42 Å². The fourth-order valence-corrected chi connectivity index (χ4v) is 14.7. The molecule has 0 saturated heterocycles. The van der Waals surface area contributed by atoms with Crippen LogP contribution in [0.3, 0.4) is 0 Å². The lowest BCUT2D eigenvalue weighted by molar-refractivity contribution is -0.135. The first-order chi connectivity index (χ1) is 34.2. The minimum absolute atomic E-state index is 0.0896. The number of nitrogens with zero attached hydrogens (tertiary/aromatic N) is 4. The van der Waals surface area contributed by atoms with Gasteiger partial charge in [0.1, 0.15) is 48.1 Å². The highest BCUT2D eigenvalue weighted by Gasteiger charge is 2.49. The van der Waals surface area contributed by atoms with Gasteiger partial charge in [-0.2, -0.15) is 0 Å². The number of rotatable bonds is 19. The van der Waals surface area contributed by atoms with Crippen molar-refractivity contribution in [2.75, 3.05) is 6.54 Å². The minimum atomic E-state index is -4.13. The summed E-state index contributed by atoms with van der Waals surface area (Å²) >= 11 is 0. The van der Waals surface area contributed by atoms with Gasteiger partial charge in [-0.05, 0) is 132 Å². The zero-order valence-corrected chi connectivity index (χ0v) is 39.3. The fourth-order valence-electron chi connectivity index (χ4n) is 7.16. The smallest absolute Gasteiger partial charge is 0.411 e. The molecule has 2 atom stereocenters. The van der Waals surface area contributed by atoms with Crippen molar-refractivity contribution in [3.63, 3.8) is 0 Å². The lowest BCUT2D eigenvalue weighted by Crippen LogP contribution is -2.33. The Morgan fingerprint density at radius 2 is 0.800 bits per heavy atom. The molecule has 0 N–H and O–H groups in total. The summed E-state index contributed by atoms with van der Waals surface area (Å²) in [7, 11) is -10.6. The van der Waals surface area contributed by atoms with Crippen molar-refractivity contribution in [1.29, 1.82) is 0 Å². The molecule has 2 aliphatic rings. The molecule has 2 aliphatic heterocycles. The third kappa shape index (κ3) is 10.7. The number of carbonyl (C=O) groups excluding carboxylic acids is 6. The van der Waals surface area contributed by atoms with Crippen LogP contribution < -0.4 is 22.6 Å². The predicted molar refractivity (Wildman–Crippen MR) is 265 cm³/mol. The van der Waals surface area contributed by atoms with E-state index in [9.17, 15) is 28.8 Å². The number of imide groups is 1. The Morgan fingerprint density at radius 3 is 1.19 bits per heavy atom. The Labute approximate surface area is 402 Å². The summed E-state index contributed by atoms with van der Waals surface area (Å²) < 4.78 is 48.0. The number of hydrogen-bond acceptors (Lipinski definition) is 14. The monoisotopic (exact) mass is 987 g/mol. The largest absolute Gasteiger partial charge is 0.603 e. The number of aldehydes is 4. The first-order valence-electron chi connectivity index (χ1n) is 21.4. The Bertz CT molecular complexity index is 3180. The van der Waals surface area contributed by atoms with Crippen molar-refractivity contribution in [1.82, 2.24) is 4.90 Å². The summed E-state index contributed by atoms with van der Waals surface area (Å²) in [6.45, 7) is 0.0896. The maximum absolute atomic E-state index is 14.0. The topological polar surface area (TPSA) is 189 Å². The summed E-state index contributed by atoms with van der Waals surface area (Å²) in [5.41, 5.74) is 4.27.